The van der Waals surface area contributed by atoms with Crippen LogP contribution in [0.1, 0.15) is 19.8 Å². The highest BCUT2D eigenvalue weighted by molar-refractivity contribution is 4.46. The maximum absolute atomic E-state index is 8.43. The molecule has 0 aliphatic heterocycles. The SMILES string of the molecule is CCCOCCNCCCOCCO. The number of hydrogen-bond donors (Lipinski definition) is 2. The van der Waals surface area contributed by atoms with Gasteiger partial charge in [-0.05, 0) is 19.4 Å². The van der Waals surface area contributed by atoms with Gasteiger partial charge in [-0.1, -0.05) is 6.92 Å². The van der Waals surface area contributed by atoms with Crippen molar-refractivity contribution < 1.29 is 14.6 Å². The average molecular weight is 205 g/mol. The standard InChI is InChI=1S/C10H23NO3/c1-2-7-13-9-5-11-4-3-8-14-10-6-12/h11-12H,2-10H2,1H3. The Bertz CT molecular complexity index is 89.4. The predicted octanol–water partition coefficient (Wildman–Crippen LogP) is 0.402. The smallest absolute Gasteiger partial charge is 0.0697 e. The second-order valence-corrected chi connectivity index (χ2v) is 3.05. The third-order valence-corrected chi connectivity index (χ3v) is 1.65. The molecule has 14 heavy (non-hydrogen) atoms. The second kappa shape index (κ2) is 12.8. The van der Waals surface area contributed by atoms with Crippen molar-refractivity contribution in [3.8, 4) is 0 Å². The summed E-state index contributed by atoms with van der Waals surface area (Å²) in [5.74, 6) is 0. The van der Waals surface area contributed by atoms with E-state index in [0.29, 0.717) is 13.2 Å². The highest BCUT2D eigenvalue weighted by atomic mass is 16.5. The molecule has 0 aliphatic carbocycles. The lowest BCUT2D eigenvalue weighted by Crippen LogP contribution is -2.22. The Balaban J connectivity index is 2.78. The van der Waals surface area contributed by atoms with Crippen LogP contribution in [0.3, 0.4) is 0 Å². The number of hydrogen-bond acceptors (Lipinski definition) is 4. The van der Waals surface area contributed by atoms with Crippen molar-refractivity contribution in [2.75, 3.05) is 46.1 Å². The molecule has 0 saturated carbocycles. The highest BCUT2D eigenvalue weighted by Gasteiger charge is 1.89. The fourth-order valence-corrected chi connectivity index (χ4v) is 0.982. The van der Waals surface area contributed by atoms with Crippen molar-refractivity contribution in [2.24, 2.45) is 0 Å². The molecule has 4 heteroatoms. The number of rotatable bonds is 11. The summed E-state index contributed by atoms with van der Waals surface area (Å²) < 4.78 is 10.4. The molecule has 0 radical (unpaired) electrons. The molecular weight excluding hydrogens is 182 g/mol. The van der Waals surface area contributed by atoms with Crippen molar-refractivity contribution in [1.82, 2.24) is 5.32 Å². The van der Waals surface area contributed by atoms with Gasteiger partial charge in [0, 0.05) is 19.8 Å². The van der Waals surface area contributed by atoms with Crippen LogP contribution < -0.4 is 5.32 Å². The van der Waals surface area contributed by atoms with E-state index in [9.17, 15) is 0 Å². The van der Waals surface area contributed by atoms with Gasteiger partial charge < -0.3 is 19.9 Å². The van der Waals surface area contributed by atoms with Crippen LogP contribution in [0.25, 0.3) is 0 Å². The molecule has 4 nitrogen and oxygen atoms in total. The van der Waals surface area contributed by atoms with Gasteiger partial charge in [-0.2, -0.15) is 0 Å². The molecule has 0 unspecified atom stereocenters. The van der Waals surface area contributed by atoms with E-state index < -0.39 is 0 Å². The van der Waals surface area contributed by atoms with Crippen LogP contribution in [-0.4, -0.2) is 51.2 Å². The second-order valence-electron chi connectivity index (χ2n) is 3.05. The van der Waals surface area contributed by atoms with Gasteiger partial charge in [-0.15, -0.1) is 0 Å². The van der Waals surface area contributed by atoms with Crippen molar-refractivity contribution in [2.45, 2.75) is 19.8 Å². The van der Waals surface area contributed by atoms with Gasteiger partial charge in [0.2, 0.25) is 0 Å². The summed E-state index contributed by atoms with van der Waals surface area (Å²) in [7, 11) is 0. The molecule has 0 aromatic carbocycles. The number of nitrogens with one attached hydrogen (secondary N) is 1. The topological polar surface area (TPSA) is 50.7 Å². The van der Waals surface area contributed by atoms with Gasteiger partial charge in [0.1, 0.15) is 0 Å². The van der Waals surface area contributed by atoms with E-state index in [4.69, 9.17) is 14.6 Å². The Morgan fingerprint density at radius 3 is 2.50 bits per heavy atom. The zero-order chi connectivity index (χ0) is 10.5. The van der Waals surface area contributed by atoms with Gasteiger partial charge in [0.05, 0.1) is 19.8 Å². The lowest BCUT2D eigenvalue weighted by molar-refractivity contribution is 0.0899. The van der Waals surface area contributed by atoms with Crippen LogP contribution in [0.2, 0.25) is 0 Å². The van der Waals surface area contributed by atoms with E-state index in [-0.39, 0.29) is 6.61 Å². The largest absolute Gasteiger partial charge is 0.394 e. The number of aliphatic hydroxyl groups excluding tert-OH is 1. The van der Waals surface area contributed by atoms with Gasteiger partial charge in [0.15, 0.2) is 0 Å². The van der Waals surface area contributed by atoms with Gasteiger partial charge in [-0.25, -0.2) is 0 Å². The first-order valence-corrected chi connectivity index (χ1v) is 5.39. The molecule has 0 aromatic rings. The molecule has 86 valence electrons. The maximum Gasteiger partial charge on any atom is 0.0697 e. The van der Waals surface area contributed by atoms with Crippen molar-refractivity contribution in [3.63, 3.8) is 0 Å². The Labute approximate surface area is 86.6 Å². The van der Waals surface area contributed by atoms with E-state index in [1.54, 1.807) is 0 Å². The van der Waals surface area contributed by atoms with Crippen LogP contribution in [0.5, 0.6) is 0 Å². The van der Waals surface area contributed by atoms with Crippen molar-refractivity contribution in [1.29, 1.82) is 0 Å². The summed E-state index contributed by atoms with van der Waals surface area (Å²) in [6, 6.07) is 0. The maximum atomic E-state index is 8.43. The molecule has 0 spiro atoms. The molecule has 0 saturated heterocycles. The molecule has 2 N–H and O–H groups in total. The number of ether oxygens (including phenoxy) is 2. The molecule has 0 atom stereocenters. The Morgan fingerprint density at radius 2 is 1.79 bits per heavy atom. The molecule has 0 bridgehead atoms. The highest BCUT2D eigenvalue weighted by Crippen LogP contribution is 1.81. The normalized spacial score (nSPS) is 10.7. The third-order valence-electron chi connectivity index (χ3n) is 1.65. The fourth-order valence-electron chi connectivity index (χ4n) is 0.982. The Morgan fingerprint density at radius 1 is 1.00 bits per heavy atom. The fraction of sp³-hybridized carbons (Fsp3) is 1.00. The minimum atomic E-state index is 0.109. The summed E-state index contributed by atoms with van der Waals surface area (Å²) in [5.41, 5.74) is 0. The van der Waals surface area contributed by atoms with Crippen LogP contribution in [0, 0.1) is 0 Å². The first kappa shape index (κ1) is 13.8. The van der Waals surface area contributed by atoms with Gasteiger partial charge >= 0.3 is 0 Å². The van der Waals surface area contributed by atoms with E-state index in [2.05, 4.69) is 12.2 Å². The monoisotopic (exact) mass is 205 g/mol. The Kier molecular flexibility index (Phi) is 12.7. The summed E-state index contributed by atoms with van der Waals surface area (Å²) >= 11 is 0. The molecule has 0 rings (SSSR count). The van der Waals surface area contributed by atoms with Gasteiger partial charge in [0.25, 0.3) is 0 Å². The molecule has 0 aliphatic rings. The average Bonchev–Trinajstić information content (AvgIpc) is 2.21. The van der Waals surface area contributed by atoms with Crippen LogP contribution in [0.4, 0.5) is 0 Å². The minimum Gasteiger partial charge on any atom is -0.394 e. The lowest BCUT2D eigenvalue weighted by atomic mass is 10.4. The lowest BCUT2D eigenvalue weighted by Gasteiger charge is -2.05. The third kappa shape index (κ3) is 11.8. The van der Waals surface area contributed by atoms with E-state index >= 15 is 0 Å². The van der Waals surface area contributed by atoms with Crippen molar-refractivity contribution in [3.05, 3.63) is 0 Å². The van der Waals surface area contributed by atoms with E-state index in [1.807, 2.05) is 0 Å². The van der Waals surface area contributed by atoms with Crippen LogP contribution in [0.15, 0.2) is 0 Å². The summed E-state index contributed by atoms with van der Waals surface area (Å²) in [6.45, 7) is 6.85. The molecule has 0 fully saturated rings. The van der Waals surface area contributed by atoms with Crippen LogP contribution >= 0.6 is 0 Å². The first-order valence-electron chi connectivity index (χ1n) is 5.39. The zero-order valence-corrected chi connectivity index (χ0v) is 9.13. The molecule has 0 heterocycles. The number of aliphatic hydroxyl groups is 1. The zero-order valence-electron chi connectivity index (χ0n) is 9.13. The van der Waals surface area contributed by atoms with E-state index in [0.717, 1.165) is 39.1 Å². The minimum absolute atomic E-state index is 0.109. The molecule has 0 amide bonds. The summed E-state index contributed by atoms with van der Waals surface area (Å²) in [5, 5.41) is 11.7. The predicted molar refractivity (Wildman–Crippen MR) is 56.5 cm³/mol. The van der Waals surface area contributed by atoms with E-state index in [1.165, 1.54) is 0 Å². The first-order chi connectivity index (χ1) is 6.91. The Hall–Kier alpha value is -0.160. The molecule has 0 aromatic heterocycles. The summed E-state index contributed by atoms with van der Waals surface area (Å²) in [6.07, 6.45) is 2.06. The van der Waals surface area contributed by atoms with Crippen molar-refractivity contribution >= 4 is 0 Å². The van der Waals surface area contributed by atoms with Gasteiger partial charge in [-0.3, -0.25) is 0 Å². The van der Waals surface area contributed by atoms with Crippen LogP contribution in [-0.2, 0) is 9.47 Å². The quantitative estimate of drug-likeness (QED) is 0.479. The summed E-state index contributed by atoms with van der Waals surface area (Å²) in [4.78, 5) is 0. The molecular formula is C10H23NO3.